The van der Waals surface area contributed by atoms with Gasteiger partial charge in [0.05, 0.1) is 5.25 Å². The Hall–Kier alpha value is -0.760. The molecule has 0 radical (unpaired) electrons. The van der Waals surface area contributed by atoms with Crippen molar-refractivity contribution in [3.05, 3.63) is 30.3 Å². The molecule has 0 N–H and O–H groups in total. The number of carbonyl (C=O) groups excluding carboxylic acids is 1. The molecule has 0 amide bonds. The SMILES string of the molecule is CC(C)[C@H](C=O)Sc1ccccc1. The summed E-state index contributed by atoms with van der Waals surface area (Å²) >= 11 is 1.63. The van der Waals surface area contributed by atoms with Crippen LogP contribution in [0.3, 0.4) is 0 Å². The van der Waals surface area contributed by atoms with E-state index in [9.17, 15) is 4.79 Å². The van der Waals surface area contributed by atoms with Crippen molar-refractivity contribution < 1.29 is 4.79 Å². The second-order valence-electron chi connectivity index (χ2n) is 3.28. The fraction of sp³-hybridized carbons (Fsp3) is 0.364. The van der Waals surface area contributed by atoms with Gasteiger partial charge in [-0.25, -0.2) is 0 Å². The minimum atomic E-state index is 0.0717. The fourth-order valence-electron chi connectivity index (χ4n) is 0.977. The Morgan fingerprint density at radius 1 is 1.23 bits per heavy atom. The summed E-state index contributed by atoms with van der Waals surface area (Å²) in [7, 11) is 0. The van der Waals surface area contributed by atoms with Crippen LogP contribution in [0.4, 0.5) is 0 Å². The fourth-order valence-corrected chi connectivity index (χ4v) is 1.93. The highest BCUT2D eigenvalue weighted by atomic mass is 32.2. The van der Waals surface area contributed by atoms with Crippen molar-refractivity contribution in [2.75, 3.05) is 0 Å². The molecule has 0 aromatic heterocycles. The van der Waals surface area contributed by atoms with Gasteiger partial charge in [-0.05, 0) is 18.1 Å². The molecule has 2 heteroatoms. The lowest BCUT2D eigenvalue weighted by Crippen LogP contribution is -2.12. The zero-order chi connectivity index (χ0) is 9.68. The molecule has 0 bridgehead atoms. The average molecular weight is 194 g/mol. The molecule has 13 heavy (non-hydrogen) atoms. The first-order valence-electron chi connectivity index (χ1n) is 4.41. The number of benzene rings is 1. The van der Waals surface area contributed by atoms with Crippen LogP contribution in [-0.4, -0.2) is 11.5 Å². The van der Waals surface area contributed by atoms with E-state index in [-0.39, 0.29) is 5.25 Å². The van der Waals surface area contributed by atoms with Crippen LogP contribution < -0.4 is 0 Å². The van der Waals surface area contributed by atoms with Crippen LogP contribution in [0.5, 0.6) is 0 Å². The second kappa shape index (κ2) is 5.07. The smallest absolute Gasteiger partial charge is 0.133 e. The summed E-state index contributed by atoms with van der Waals surface area (Å²) in [6.45, 7) is 4.13. The van der Waals surface area contributed by atoms with Gasteiger partial charge in [0.2, 0.25) is 0 Å². The Morgan fingerprint density at radius 2 is 1.85 bits per heavy atom. The van der Waals surface area contributed by atoms with E-state index < -0.39 is 0 Å². The van der Waals surface area contributed by atoms with E-state index in [4.69, 9.17) is 0 Å². The maximum absolute atomic E-state index is 10.7. The highest BCUT2D eigenvalue weighted by Crippen LogP contribution is 2.26. The lowest BCUT2D eigenvalue weighted by molar-refractivity contribution is -0.107. The number of hydrogen-bond acceptors (Lipinski definition) is 2. The van der Waals surface area contributed by atoms with Crippen LogP contribution in [-0.2, 0) is 4.79 Å². The van der Waals surface area contributed by atoms with E-state index in [0.717, 1.165) is 11.2 Å². The first kappa shape index (κ1) is 10.3. The summed E-state index contributed by atoms with van der Waals surface area (Å²) in [5.74, 6) is 0.391. The highest BCUT2D eigenvalue weighted by molar-refractivity contribution is 8.00. The van der Waals surface area contributed by atoms with Crippen LogP contribution in [0.25, 0.3) is 0 Å². The minimum absolute atomic E-state index is 0.0717. The van der Waals surface area contributed by atoms with Crippen LogP contribution in [0, 0.1) is 5.92 Å². The number of rotatable bonds is 4. The van der Waals surface area contributed by atoms with E-state index in [1.54, 1.807) is 11.8 Å². The molecular formula is C11H14OS. The monoisotopic (exact) mass is 194 g/mol. The second-order valence-corrected chi connectivity index (χ2v) is 4.53. The normalized spacial score (nSPS) is 12.8. The number of carbonyl (C=O) groups is 1. The molecule has 1 aromatic rings. The quantitative estimate of drug-likeness (QED) is 0.541. The van der Waals surface area contributed by atoms with Crippen molar-refractivity contribution in [3.8, 4) is 0 Å². The first-order valence-corrected chi connectivity index (χ1v) is 5.29. The Morgan fingerprint density at radius 3 is 2.31 bits per heavy atom. The van der Waals surface area contributed by atoms with Crippen molar-refractivity contribution in [2.45, 2.75) is 24.0 Å². The third kappa shape index (κ3) is 3.23. The van der Waals surface area contributed by atoms with Gasteiger partial charge in [-0.2, -0.15) is 0 Å². The van der Waals surface area contributed by atoms with Gasteiger partial charge in [0.1, 0.15) is 6.29 Å². The standard InChI is InChI=1S/C11H14OS/c1-9(2)11(8-12)13-10-6-4-3-5-7-10/h3-9,11H,1-2H3/t11-/m0/s1. The third-order valence-electron chi connectivity index (χ3n) is 1.81. The third-order valence-corrected chi connectivity index (χ3v) is 3.28. The van der Waals surface area contributed by atoms with Gasteiger partial charge in [-0.3, -0.25) is 0 Å². The Balaban J connectivity index is 2.62. The van der Waals surface area contributed by atoms with Crippen LogP contribution in [0.2, 0.25) is 0 Å². The molecule has 70 valence electrons. The summed E-state index contributed by atoms with van der Waals surface area (Å²) in [5, 5.41) is 0.0717. The van der Waals surface area contributed by atoms with Crippen molar-refractivity contribution in [1.82, 2.24) is 0 Å². The lowest BCUT2D eigenvalue weighted by atomic mass is 10.1. The molecular weight excluding hydrogens is 180 g/mol. The molecule has 1 nitrogen and oxygen atoms in total. The molecule has 1 atom stereocenters. The molecule has 0 aliphatic heterocycles. The summed E-state index contributed by atoms with van der Waals surface area (Å²) in [6.07, 6.45) is 1.03. The van der Waals surface area contributed by atoms with Crippen LogP contribution in [0.15, 0.2) is 35.2 Å². The summed E-state index contributed by atoms with van der Waals surface area (Å²) in [4.78, 5) is 11.9. The predicted molar refractivity (Wildman–Crippen MR) is 57.0 cm³/mol. The van der Waals surface area contributed by atoms with E-state index in [1.807, 2.05) is 30.3 Å². The Bertz CT molecular complexity index is 256. The molecule has 1 aromatic carbocycles. The molecule has 0 fully saturated rings. The molecule has 0 saturated heterocycles. The Kier molecular flexibility index (Phi) is 4.03. The minimum Gasteiger partial charge on any atom is -0.302 e. The molecule has 0 aliphatic rings. The van der Waals surface area contributed by atoms with Crippen LogP contribution in [0.1, 0.15) is 13.8 Å². The topological polar surface area (TPSA) is 17.1 Å². The zero-order valence-corrected chi connectivity index (χ0v) is 8.75. The van der Waals surface area contributed by atoms with E-state index in [1.165, 1.54) is 0 Å². The lowest BCUT2D eigenvalue weighted by Gasteiger charge is -2.12. The van der Waals surface area contributed by atoms with Gasteiger partial charge in [0.25, 0.3) is 0 Å². The van der Waals surface area contributed by atoms with Gasteiger partial charge in [0.15, 0.2) is 0 Å². The van der Waals surface area contributed by atoms with E-state index >= 15 is 0 Å². The molecule has 0 saturated carbocycles. The van der Waals surface area contributed by atoms with Crippen molar-refractivity contribution in [3.63, 3.8) is 0 Å². The van der Waals surface area contributed by atoms with Gasteiger partial charge < -0.3 is 4.79 Å². The molecule has 0 aliphatic carbocycles. The number of aldehydes is 1. The Labute approximate surface area is 83.5 Å². The summed E-state index contributed by atoms with van der Waals surface area (Å²) < 4.78 is 0. The highest BCUT2D eigenvalue weighted by Gasteiger charge is 2.12. The number of hydrogen-bond donors (Lipinski definition) is 0. The largest absolute Gasteiger partial charge is 0.302 e. The van der Waals surface area contributed by atoms with E-state index in [0.29, 0.717) is 5.92 Å². The van der Waals surface area contributed by atoms with Crippen LogP contribution >= 0.6 is 11.8 Å². The first-order chi connectivity index (χ1) is 6.24. The predicted octanol–water partition coefficient (Wildman–Crippen LogP) is 3.00. The van der Waals surface area contributed by atoms with Crippen molar-refractivity contribution in [2.24, 2.45) is 5.92 Å². The van der Waals surface area contributed by atoms with E-state index in [2.05, 4.69) is 13.8 Å². The van der Waals surface area contributed by atoms with Gasteiger partial charge in [-0.15, -0.1) is 11.8 Å². The average Bonchev–Trinajstić information content (AvgIpc) is 2.15. The van der Waals surface area contributed by atoms with Gasteiger partial charge >= 0.3 is 0 Å². The molecule has 1 rings (SSSR count). The van der Waals surface area contributed by atoms with Crippen molar-refractivity contribution in [1.29, 1.82) is 0 Å². The molecule has 0 heterocycles. The van der Waals surface area contributed by atoms with Crippen molar-refractivity contribution >= 4 is 18.0 Å². The maximum atomic E-state index is 10.7. The zero-order valence-electron chi connectivity index (χ0n) is 7.94. The summed E-state index contributed by atoms with van der Waals surface area (Å²) in [5.41, 5.74) is 0. The maximum Gasteiger partial charge on any atom is 0.133 e. The van der Waals surface area contributed by atoms with Gasteiger partial charge in [-0.1, -0.05) is 32.0 Å². The molecule has 0 unspecified atom stereocenters. The summed E-state index contributed by atoms with van der Waals surface area (Å²) in [6, 6.07) is 10.0. The number of thioether (sulfide) groups is 1. The molecule has 0 spiro atoms. The van der Waals surface area contributed by atoms with Gasteiger partial charge in [0, 0.05) is 4.90 Å².